The van der Waals surface area contributed by atoms with Crippen molar-refractivity contribution in [2.24, 2.45) is 0 Å². The molecule has 0 bridgehead atoms. The van der Waals surface area contributed by atoms with Crippen LogP contribution >= 0.6 is 23.2 Å². The van der Waals surface area contributed by atoms with Crippen molar-refractivity contribution in [3.05, 3.63) is 40.3 Å². The van der Waals surface area contributed by atoms with Gasteiger partial charge in [0.25, 0.3) is 0 Å². The number of benzene rings is 1. The van der Waals surface area contributed by atoms with Gasteiger partial charge >= 0.3 is 0 Å². The summed E-state index contributed by atoms with van der Waals surface area (Å²) in [6, 6.07) is 5.40. The Morgan fingerprint density at radius 1 is 1.30 bits per heavy atom. The van der Waals surface area contributed by atoms with Crippen molar-refractivity contribution in [1.29, 1.82) is 0 Å². The fourth-order valence-corrected chi connectivity index (χ4v) is 3.52. The second-order valence-corrected chi connectivity index (χ2v) is 7.51. The van der Waals surface area contributed by atoms with Crippen molar-refractivity contribution in [1.82, 2.24) is 9.97 Å². The third kappa shape index (κ3) is 4.04. The number of nitrogens with one attached hydrogen (secondary N) is 1. The second-order valence-electron chi connectivity index (χ2n) is 4.86. The number of aryl methyl sites for hydroxylation is 1. The molecule has 1 aromatic carbocycles. The van der Waals surface area contributed by atoms with Gasteiger partial charge in [-0.1, -0.05) is 23.7 Å². The van der Waals surface area contributed by atoms with E-state index in [2.05, 4.69) is 15.3 Å². The molecular formula is C14H16Cl2N4O2S. The molecule has 1 N–H and O–H groups in total. The van der Waals surface area contributed by atoms with Gasteiger partial charge in [0.15, 0.2) is 5.82 Å². The van der Waals surface area contributed by atoms with Gasteiger partial charge in [-0.3, -0.25) is 4.31 Å². The van der Waals surface area contributed by atoms with E-state index in [9.17, 15) is 8.42 Å². The molecule has 0 aliphatic heterocycles. The topological polar surface area (TPSA) is 75.2 Å². The highest BCUT2D eigenvalue weighted by atomic mass is 35.5. The zero-order chi connectivity index (χ0) is 17.2. The van der Waals surface area contributed by atoms with Crippen LogP contribution in [-0.4, -0.2) is 31.2 Å². The van der Waals surface area contributed by atoms with Crippen LogP contribution in [0.5, 0.6) is 0 Å². The van der Waals surface area contributed by atoms with Gasteiger partial charge in [-0.15, -0.1) is 0 Å². The zero-order valence-corrected chi connectivity index (χ0v) is 15.2. The Morgan fingerprint density at radius 3 is 2.61 bits per heavy atom. The molecule has 0 atom stereocenters. The molecule has 0 saturated heterocycles. The van der Waals surface area contributed by atoms with Crippen LogP contribution in [-0.2, 0) is 10.0 Å². The van der Waals surface area contributed by atoms with E-state index in [-0.39, 0.29) is 10.3 Å². The summed E-state index contributed by atoms with van der Waals surface area (Å²) in [6.45, 7) is 3.91. The van der Waals surface area contributed by atoms with Crippen molar-refractivity contribution >= 4 is 50.4 Å². The van der Waals surface area contributed by atoms with Gasteiger partial charge < -0.3 is 5.32 Å². The van der Waals surface area contributed by atoms with Gasteiger partial charge in [0.05, 0.1) is 23.8 Å². The number of hydrogen-bond donors (Lipinski definition) is 1. The number of halogens is 2. The molecule has 0 unspecified atom stereocenters. The number of hydrogen-bond acceptors (Lipinski definition) is 5. The van der Waals surface area contributed by atoms with E-state index in [1.165, 1.54) is 16.8 Å². The lowest BCUT2D eigenvalue weighted by Gasteiger charge is -2.25. The van der Waals surface area contributed by atoms with E-state index < -0.39 is 10.0 Å². The fraction of sp³-hybridized carbons (Fsp3) is 0.286. The highest BCUT2D eigenvalue weighted by Crippen LogP contribution is 2.34. The average molecular weight is 375 g/mol. The maximum absolute atomic E-state index is 12.1. The number of sulfonamides is 1. The van der Waals surface area contributed by atoms with Crippen LogP contribution in [0.1, 0.15) is 12.5 Å². The minimum atomic E-state index is -3.42. The molecular weight excluding hydrogens is 359 g/mol. The number of para-hydroxylation sites is 1. The molecule has 0 amide bonds. The molecule has 0 aliphatic rings. The van der Waals surface area contributed by atoms with Gasteiger partial charge in [-0.2, -0.15) is 4.98 Å². The third-order valence-corrected chi connectivity index (χ3v) is 4.84. The maximum Gasteiger partial charge on any atom is 0.232 e. The molecule has 124 valence electrons. The number of aromatic nitrogens is 2. The van der Waals surface area contributed by atoms with Crippen LogP contribution in [0.25, 0.3) is 0 Å². The lowest BCUT2D eigenvalue weighted by molar-refractivity contribution is 0.597. The molecule has 23 heavy (non-hydrogen) atoms. The Labute approximate surface area is 145 Å². The Bertz CT molecular complexity index is 828. The first kappa shape index (κ1) is 17.8. The van der Waals surface area contributed by atoms with Crippen molar-refractivity contribution in [3.63, 3.8) is 0 Å². The van der Waals surface area contributed by atoms with E-state index in [0.717, 1.165) is 5.56 Å². The second kappa shape index (κ2) is 6.90. The third-order valence-electron chi connectivity index (χ3n) is 3.14. The zero-order valence-electron chi connectivity index (χ0n) is 12.8. The lowest BCUT2D eigenvalue weighted by Crippen LogP contribution is -2.30. The van der Waals surface area contributed by atoms with Crippen LogP contribution in [0.4, 0.5) is 17.2 Å². The molecule has 0 saturated carbocycles. The van der Waals surface area contributed by atoms with Crippen molar-refractivity contribution in [3.8, 4) is 0 Å². The highest BCUT2D eigenvalue weighted by Gasteiger charge is 2.21. The molecule has 9 heteroatoms. The lowest BCUT2D eigenvalue weighted by atomic mass is 10.1. The smallest absolute Gasteiger partial charge is 0.232 e. The largest absolute Gasteiger partial charge is 0.337 e. The molecule has 0 fully saturated rings. The first-order valence-electron chi connectivity index (χ1n) is 6.76. The first-order chi connectivity index (χ1) is 10.7. The minimum absolute atomic E-state index is 0.0431. The predicted molar refractivity (Wildman–Crippen MR) is 94.4 cm³/mol. The quantitative estimate of drug-likeness (QED) is 0.808. The van der Waals surface area contributed by atoms with E-state index in [1.807, 2.05) is 19.1 Å². The Kier molecular flexibility index (Phi) is 5.33. The Balaban J connectivity index is 2.56. The van der Waals surface area contributed by atoms with Gasteiger partial charge in [0.2, 0.25) is 15.3 Å². The van der Waals surface area contributed by atoms with Gasteiger partial charge in [0.1, 0.15) is 5.02 Å². The summed E-state index contributed by atoms with van der Waals surface area (Å²) in [4.78, 5) is 7.82. The average Bonchev–Trinajstić information content (AvgIpc) is 2.45. The van der Waals surface area contributed by atoms with Crippen LogP contribution in [0.2, 0.25) is 10.3 Å². The van der Waals surface area contributed by atoms with Crippen molar-refractivity contribution in [2.45, 2.75) is 13.8 Å². The molecule has 2 aromatic rings. The van der Waals surface area contributed by atoms with Crippen LogP contribution in [0.3, 0.4) is 0 Å². The van der Waals surface area contributed by atoms with Crippen LogP contribution < -0.4 is 9.62 Å². The fourth-order valence-electron chi connectivity index (χ4n) is 2.21. The summed E-state index contributed by atoms with van der Waals surface area (Å²) in [5.41, 5.74) is 1.91. The molecule has 0 spiro atoms. The molecule has 2 rings (SSSR count). The predicted octanol–water partition coefficient (Wildman–Crippen LogP) is 3.62. The summed E-state index contributed by atoms with van der Waals surface area (Å²) in [5.74, 6) is 0.308. The molecule has 0 aliphatic carbocycles. The maximum atomic E-state index is 12.1. The first-order valence-corrected chi connectivity index (χ1v) is 9.37. The SMILES string of the molecule is CCN(c1c(C)cccc1Nc1nc(Cl)ncc1Cl)S(C)(=O)=O. The van der Waals surface area contributed by atoms with E-state index in [1.54, 1.807) is 13.0 Å². The van der Waals surface area contributed by atoms with Gasteiger partial charge in [-0.05, 0) is 37.1 Å². The standard InChI is InChI=1S/C14H16Cl2N4O2S/c1-4-20(23(3,21)22)12-9(2)6-5-7-11(12)18-13-10(15)8-17-14(16)19-13/h5-8H,4H2,1-3H3,(H,17,18,19). The summed E-state index contributed by atoms with van der Waals surface area (Å²) in [7, 11) is -3.42. The number of rotatable bonds is 5. The van der Waals surface area contributed by atoms with E-state index >= 15 is 0 Å². The molecule has 1 heterocycles. The summed E-state index contributed by atoms with van der Waals surface area (Å²) in [6.07, 6.45) is 2.55. The van der Waals surface area contributed by atoms with Crippen molar-refractivity contribution < 1.29 is 8.42 Å². The molecule has 0 radical (unpaired) electrons. The van der Waals surface area contributed by atoms with Gasteiger partial charge in [-0.25, -0.2) is 13.4 Å². The normalized spacial score (nSPS) is 11.3. The monoisotopic (exact) mass is 374 g/mol. The molecule has 6 nitrogen and oxygen atoms in total. The summed E-state index contributed by atoms with van der Waals surface area (Å²) < 4.78 is 25.5. The minimum Gasteiger partial charge on any atom is -0.337 e. The van der Waals surface area contributed by atoms with Crippen LogP contribution in [0, 0.1) is 6.92 Å². The number of anilines is 3. The Morgan fingerprint density at radius 2 is 2.00 bits per heavy atom. The van der Waals surface area contributed by atoms with Crippen LogP contribution in [0.15, 0.2) is 24.4 Å². The van der Waals surface area contributed by atoms with E-state index in [4.69, 9.17) is 23.2 Å². The number of nitrogens with zero attached hydrogens (tertiary/aromatic N) is 3. The van der Waals surface area contributed by atoms with Gasteiger partial charge in [0, 0.05) is 6.54 Å². The van der Waals surface area contributed by atoms with E-state index in [0.29, 0.717) is 23.7 Å². The molecule has 1 aromatic heterocycles. The highest BCUT2D eigenvalue weighted by molar-refractivity contribution is 7.92. The summed E-state index contributed by atoms with van der Waals surface area (Å²) in [5, 5.41) is 3.36. The Hall–Kier alpha value is -1.57. The van der Waals surface area contributed by atoms with Crippen molar-refractivity contribution in [2.75, 3.05) is 22.4 Å². The summed E-state index contributed by atoms with van der Waals surface area (Å²) >= 11 is 11.9.